The molecule has 7 heteroatoms. The standard InChI is InChI=1S/C17H20N6O/c1-12(24)11-19-17-20-16(15(10-18)21-22-17)23-8-6-13-4-2-3-5-14(13)7-9-23/h2-5,12,24H,6-9,11H2,1H3,(H,19,20,22). The van der Waals surface area contributed by atoms with Crippen LogP contribution in [0.4, 0.5) is 11.8 Å². The number of hydrogen-bond donors (Lipinski definition) is 2. The predicted molar refractivity (Wildman–Crippen MR) is 90.8 cm³/mol. The lowest BCUT2D eigenvalue weighted by Gasteiger charge is -2.22. The second kappa shape index (κ2) is 7.23. The van der Waals surface area contributed by atoms with E-state index in [0.29, 0.717) is 18.3 Å². The van der Waals surface area contributed by atoms with Crippen molar-refractivity contribution in [2.45, 2.75) is 25.9 Å². The largest absolute Gasteiger partial charge is 0.392 e. The number of aliphatic hydroxyl groups is 1. The molecule has 24 heavy (non-hydrogen) atoms. The molecule has 0 aliphatic carbocycles. The molecular weight excluding hydrogens is 304 g/mol. The molecule has 2 heterocycles. The van der Waals surface area contributed by atoms with E-state index in [1.807, 2.05) is 0 Å². The average Bonchev–Trinajstić information content (AvgIpc) is 2.82. The Morgan fingerprint density at radius 3 is 2.50 bits per heavy atom. The van der Waals surface area contributed by atoms with E-state index in [1.165, 1.54) is 11.1 Å². The van der Waals surface area contributed by atoms with Gasteiger partial charge in [-0.15, -0.1) is 10.2 Å². The number of anilines is 2. The molecule has 0 radical (unpaired) electrons. The molecule has 7 nitrogen and oxygen atoms in total. The molecule has 2 N–H and O–H groups in total. The third-order valence-corrected chi connectivity index (χ3v) is 4.05. The maximum Gasteiger partial charge on any atom is 0.244 e. The number of hydrogen-bond acceptors (Lipinski definition) is 7. The van der Waals surface area contributed by atoms with Crippen LogP contribution < -0.4 is 10.2 Å². The van der Waals surface area contributed by atoms with Crippen LogP contribution in [-0.2, 0) is 12.8 Å². The summed E-state index contributed by atoms with van der Waals surface area (Å²) in [5.41, 5.74) is 2.91. The Kier molecular flexibility index (Phi) is 4.87. The fourth-order valence-electron chi connectivity index (χ4n) is 2.80. The predicted octanol–water partition coefficient (Wildman–Crippen LogP) is 1.14. The number of nitrogens with zero attached hydrogens (tertiary/aromatic N) is 5. The van der Waals surface area contributed by atoms with Gasteiger partial charge in [-0.05, 0) is 30.9 Å². The highest BCUT2D eigenvalue weighted by molar-refractivity contribution is 5.52. The first-order valence-corrected chi connectivity index (χ1v) is 8.06. The molecule has 1 aromatic carbocycles. The van der Waals surface area contributed by atoms with Crippen LogP contribution in [0.5, 0.6) is 0 Å². The van der Waals surface area contributed by atoms with Crippen LogP contribution in [0.25, 0.3) is 0 Å². The van der Waals surface area contributed by atoms with Gasteiger partial charge < -0.3 is 15.3 Å². The smallest absolute Gasteiger partial charge is 0.244 e. The highest BCUT2D eigenvalue weighted by atomic mass is 16.3. The summed E-state index contributed by atoms with van der Waals surface area (Å²) < 4.78 is 0. The molecule has 1 aromatic heterocycles. The van der Waals surface area contributed by atoms with Crippen LogP contribution in [0.2, 0.25) is 0 Å². The van der Waals surface area contributed by atoms with Gasteiger partial charge in [-0.1, -0.05) is 24.3 Å². The quantitative estimate of drug-likeness (QED) is 0.870. The van der Waals surface area contributed by atoms with Crippen LogP contribution in [0.15, 0.2) is 24.3 Å². The summed E-state index contributed by atoms with van der Waals surface area (Å²) in [5.74, 6) is 0.875. The first-order valence-electron chi connectivity index (χ1n) is 8.06. The molecule has 1 aliphatic rings. The topological polar surface area (TPSA) is 98.0 Å². The second-order valence-electron chi connectivity index (χ2n) is 5.91. The molecule has 3 rings (SSSR count). The van der Waals surface area contributed by atoms with Gasteiger partial charge in [-0.3, -0.25) is 0 Å². The van der Waals surface area contributed by atoms with Gasteiger partial charge in [0.15, 0.2) is 5.82 Å². The Morgan fingerprint density at radius 1 is 1.25 bits per heavy atom. The third-order valence-electron chi connectivity index (χ3n) is 4.05. The Hall–Kier alpha value is -2.72. The van der Waals surface area contributed by atoms with Gasteiger partial charge in [0, 0.05) is 19.6 Å². The van der Waals surface area contributed by atoms with E-state index in [1.54, 1.807) is 6.92 Å². The Labute approximate surface area is 141 Å². The van der Waals surface area contributed by atoms with Crippen LogP contribution in [0, 0.1) is 11.3 Å². The lowest BCUT2D eigenvalue weighted by atomic mass is 10.0. The molecule has 0 fully saturated rings. The fraction of sp³-hybridized carbons (Fsp3) is 0.412. The number of fused-ring (bicyclic) bond motifs is 1. The van der Waals surface area contributed by atoms with E-state index in [-0.39, 0.29) is 5.69 Å². The number of aliphatic hydroxyl groups excluding tert-OH is 1. The number of nitriles is 1. The molecular formula is C17H20N6O. The molecule has 124 valence electrons. The summed E-state index contributed by atoms with van der Waals surface area (Å²) >= 11 is 0. The number of aromatic nitrogens is 3. The van der Waals surface area contributed by atoms with E-state index in [4.69, 9.17) is 0 Å². The van der Waals surface area contributed by atoms with Crippen LogP contribution in [0.3, 0.4) is 0 Å². The van der Waals surface area contributed by atoms with Gasteiger partial charge in [-0.25, -0.2) is 0 Å². The van der Waals surface area contributed by atoms with Crippen molar-refractivity contribution in [2.75, 3.05) is 29.9 Å². The highest BCUT2D eigenvalue weighted by Crippen LogP contribution is 2.22. The van der Waals surface area contributed by atoms with Gasteiger partial charge in [0.05, 0.1) is 6.10 Å². The fourth-order valence-corrected chi connectivity index (χ4v) is 2.80. The van der Waals surface area contributed by atoms with Crippen molar-refractivity contribution in [1.29, 1.82) is 5.26 Å². The second-order valence-corrected chi connectivity index (χ2v) is 5.91. The molecule has 0 bridgehead atoms. The minimum absolute atomic E-state index is 0.226. The number of benzene rings is 1. The van der Waals surface area contributed by atoms with Crippen LogP contribution >= 0.6 is 0 Å². The maximum atomic E-state index is 9.37. The zero-order valence-corrected chi connectivity index (χ0v) is 13.6. The maximum absolute atomic E-state index is 9.37. The van der Waals surface area contributed by atoms with Crippen molar-refractivity contribution in [3.63, 3.8) is 0 Å². The molecule has 2 aromatic rings. The van der Waals surface area contributed by atoms with Crippen molar-refractivity contribution < 1.29 is 5.11 Å². The van der Waals surface area contributed by atoms with Crippen LogP contribution in [0.1, 0.15) is 23.7 Å². The summed E-state index contributed by atoms with van der Waals surface area (Å²) in [6.07, 6.45) is 1.29. The summed E-state index contributed by atoms with van der Waals surface area (Å²) in [6.45, 7) is 3.57. The Morgan fingerprint density at radius 2 is 1.92 bits per heavy atom. The highest BCUT2D eigenvalue weighted by Gasteiger charge is 2.20. The van der Waals surface area contributed by atoms with Crippen molar-refractivity contribution in [1.82, 2.24) is 15.2 Å². The average molecular weight is 324 g/mol. The van der Waals surface area contributed by atoms with E-state index in [2.05, 4.69) is 55.7 Å². The van der Waals surface area contributed by atoms with Gasteiger partial charge in [0.2, 0.25) is 11.6 Å². The summed E-state index contributed by atoms with van der Waals surface area (Å²) in [7, 11) is 0. The van der Waals surface area contributed by atoms with Crippen molar-refractivity contribution in [3.05, 3.63) is 41.1 Å². The van der Waals surface area contributed by atoms with E-state index in [0.717, 1.165) is 25.9 Å². The van der Waals surface area contributed by atoms with E-state index in [9.17, 15) is 10.4 Å². The summed E-state index contributed by atoms with van der Waals surface area (Å²) in [4.78, 5) is 6.54. The summed E-state index contributed by atoms with van der Waals surface area (Å²) in [5, 5.41) is 29.5. The summed E-state index contributed by atoms with van der Waals surface area (Å²) in [6, 6.07) is 10.5. The molecule has 1 atom stereocenters. The number of rotatable bonds is 4. The first-order chi connectivity index (χ1) is 11.7. The van der Waals surface area contributed by atoms with Gasteiger partial charge in [0.25, 0.3) is 0 Å². The normalized spacial score (nSPS) is 15.1. The lowest BCUT2D eigenvalue weighted by Crippen LogP contribution is -2.29. The molecule has 0 saturated carbocycles. The van der Waals surface area contributed by atoms with Gasteiger partial charge in [0.1, 0.15) is 6.07 Å². The molecule has 1 unspecified atom stereocenters. The minimum Gasteiger partial charge on any atom is -0.392 e. The monoisotopic (exact) mass is 324 g/mol. The lowest BCUT2D eigenvalue weighted by molar-refractivity contribution is 0.208. The molecule has 1 aliphatic heterocycles. The number of nitrogens with one attached hydrogen (secondary N) is 1. The zero-order chi connectivity index (χ0) is 16.9. The van der Waals surface area contributed by atoms with Crippen molar-refractivity contribution in [3.8, 4) is 6.07 Å². The molecule has 0 saturated heterocycles. The zero-order valence-electron chi connectivity index (χ0n) is 13.6. The van der Waals surface area contributed by atoms with E-state index < -0.39 is 6.10 Å². The SMILES string of the molecule is CC(O)CNc1nnc(C#N)c(N2CCc3ccccc3CC2)n1. The third kappa shape index (κ3) is 3.60. The van der Waals surface area contributed by atoms with E-state index >= 15 is 0 Å². The Bertz CT molecular complexity index is 728. The molecule has 0 spiro atoms. The van der Waals surface area contributed by atoms with Crippen molar-refractivity contribution >= 4 is 11.8 Å². The first kappa shape index (κ1) is 16.1. The van der Waals surface area contributed by atoms with Crippen molar-refractivity contribution in [2.24, 2.45) is 0 Å². The van der Waals surface area contributed by atoms with Crippen LogP contribution in [-0.4, -0.2) is 46.0 Å². The minimum atomic E-state index is -0.514. The van der Waals surface area contributed by atoms with Gasteiger partial charge in [-0.2, -0.15) is 10.2 Å². The Balaban J connectivity index is 1.83. The van der Waals surface area contributed by atoms with Gasteiger partial charge >= 0.3 is 0 Å². The molecule has 0 amide bonds.